The number of hydrogen-bond donors (Lipinski definition) is 1. The van der Waals surface area contributed by atoms with E-state index in [1.165, 1.54) is 57.3 Å². The average molecular weight is 293 g/mol. The summed E-state index contributed by atoms with van der Waals surface area (Å²) in [5, 5.41) is 4.60. The molecule has 1 aliphatic carbocycles. The van der Waals surface area contributed by atoms with Crippen LogP contribution in [0.1, 0.15) is 43.7 Å². The number of rotatable bonds is 7. The number of hydrogen-bond acceptors (Lipinski definition) is 2. The molecule has 1 aromatic carbocycles. The van der Waals surface area contributed by atoms with E-state index in [0.29, 0.717) is 6.04 Å². The smallest absolute Gasteiger partial charge is 0.0406 e. The van der Waals surface area contributed by atoms with E-state index >= 15 is 0 Å². The zero-order valence-electron chi connectivity index (χ0n) is 12.2. The Morgan fingerprint density at radius 1 is 1.15 bits per heavy atom. The second-order valence-electron chi connectivity index (χ2n) is 6.22. The van der Waals surface area contributed by atoms with E-state index in [4.69, 9.17) is 11.6 Å². The van der Waals surface area contributed by atoms with Gasteiger partial charge in [0.2, 0.25) is 0 Å². The van der Waals surface area contributed by atoms with Gasteiger partial charge in [-0.2, -0.15) is 0 Å². The number of halogens is 1. The van der Waals surface area contributed by atoms with Gasteiger partial charge in [-0.15, -0.1) is 0 Å². The Balaban J connectivity index is 1.46. The molecule has 0 radical (unpaired) electrons. The molecule has 1 aromatic rings. The molecule has 1 heterocycles. The van der Waals surface area contributed by atoms with Crippen LogP contribution in [0.4, 0.5) is 0 Å². The molecule has 1 saturated heterocycles. The van der Waals surface area contributed by atoms with E-state index in [1.54, 1.807) is 0 Å². The topological polar surface area (TPSA) is 15.3 Å². The minimum absolute atomic E-state index is 0.533. The van der Waals surface area contributed by atoms with Gasteiger partial charge >= 0.3 is 0 Å². The number of nitrogens with zero attached hydrogens (tertiary/aromatic N) is 1. The van der Waals surface area contributed by atoms with E-state index in [2.05, 4.69) is 22.3 Å². The largest absolute Gasteiger partial charge is 0.310 e. The summed E-state index contributed by atoms with van der Waals surface area (Å²) in [4.78, 5) is 2.59. The first kappa shape index (κ1) is 14.4. The molecule has 0 amide bonds. The van der Waals surface area contributed by atoms with Crippen LogP contribution < -0.4 is 5.32 Å². The first-order valence-electron chi connectivity index (χ1n) is 8.04. The Hall–Kier alpha value is -0.570. The third-order valence-corrected chi connectivity index (χ3v) is 4.79. The van der Waals surface area contributed by atoms with Crippen LogP contribution in [0.2, 0.25) is 5.02 Å². The zero-order chi connectivity index (χ0) is 13.8. The van der Waals surface area contributed by atoms with Gasteiger partial charge in [0.05, 0.1) is 0 Å². The van der Waals surface area contributed by atoms with Gasteiger partial charge in [0, 0.05) is 11.1 Å². The second-order valence-corrected chi connectivity index (χ2v) is 6.66. The van der Waals surface area contributed by atoms with Gasteiger partial charge in [-0.1, -0.05) is 23.7 Å². The predicted molar refractivity (Wildman–Crippen MR) is 85.2 cm³/mol. The fourth-order valence-corrected chi connectivity index (χ4v) is 3.35. The summed E-state index contributed by atoms with van der Waals surface area (Å²) >= 11 is 5.99. The minimum atomic E-state index is 0.533. The van der Waals surface area contributed by atoms with Crippen LogP contribution in [0.25, 0.3) is 0 Å². The maximum atomic E-state index is 5.99. The molecule has 0 aromatic heterocycles. The molecule has 3 heteroatoms. The fourth-order valence-electron chi connectivity index (χ4n) is 3.22. The third-order valence-electron chi connectivity index (χ3n) is 4.54. The maximum absolute atomic E-state index is 5.99. The van der Waals surface area contributed by atoms with Crippen molar-refractivity contribution in [1.82, 2.24) is 10.2 Å². The van der Waals surface area contributed by atoms with Crippen molar-refractivity contribution in [2.24, 2.45) is 5.92 Å². The van der Waals surface area contributed by atoms with Crippen molar-refractivity contribution < 1.29 is 0 Å². The monoisotopic (exact) mass is 292 g/mol. The third kappa shape index (κ3) is 3.97. The zero-order valence-corrected chi connectivity index (χ0v) is 12.9. The molecular formula is C17H25ClN2. The molecule has 1 atom stereocenters. The van der Waals surface area contributed by atoms with E-state index in [-0.39, 0.29) is 0 Å². The lowest BCUT2D eigenvalue weighted by Crippen LogP contribution is -2.28. The highest BCUT2D eigenvalue weighted by molar-refractivity contribution is 6.30. The van der Waals surface area contributed by atoms with Gasteiger partial charge in [-0.25, -0.2) is 0 Å². The van der Waals surface area contributed by atoms with Crippen molar-refractivity contribution >= 4 is 11.6 Å². The lowest BCUT2D eigenvalue weighted by molar-refractivity contribution is 0.325. The number of nitrogens with one attached hydrogen (secondary N) is 1. The Morgan fingerprint density at radius 2 is 1.85 bits per heavy atom. The molecule has 110 valence electrons. The highest BCUT2D eigenvalue weighted by atomic mass is 35.5. The van der Waals surface area contributed by atoms with Crippen LogP contribution in [0, 0.1) is 5.92 Å². The predicted octanol–water partition coefficient (Wildman–Crippen LogP) is 3.87. The van der Waals surface area contributed by atoms with E-state index in [0.717, 1.165) is 17.5 Å². The minimum Gasteiger partial charge on any atom is -0.310 e. The van der Waals surface area contributed by atoms with Crippen LogP contribution in [-0.2, 0) is 0 Å². The highest BCUT2D eigenvalue weighted by Gasteiger charge is 2.31. The summed E-state index contributed by atoms with van der Waals surface area (Å²) in [6.07, 6.45) is 6.78. The van der Waals surface area contributed by atoms with E-state index < -0.39 is 0 Å². The molecule has 2 aliphatic rings. The lowest BCUT2D eigenvalue weighted by Gasteiger charge is -2.20. The van der Waals surface area contributed by atoms with Crippen molar-refractivity contribution in [3.8, 4) is 0 Å². The lowest BCUT2D eigenvalue weighted by atomic mass is 10.0. The summed E-state index contributed by atoms with van der Waals surface area (Å²) in [5.41, 5.74) is 1.40. The maximum Gasteiger partial charge on any atom is 0.0406 e. The first-order chi connectivity index (χ1) is 9.83. The molecule has 1 unspecified atom stereocenters. The molecule has 2 fully saturated rings. The molecule has 0 spiro atoms. The Kier molecular flexibility index (Phi) is 4.98. The fraction of sp³-hybridized carbons (Fsp3) is 0.647. The highest BCUT2D eigenvalue weighted by Crippen LogP contribution is 2.41. The van der Waals surface area contributed by atoms with Crippen molar-refractivity contribution in [2.45, 2.75) is 38.1 Å². The summed E-state index contributed by atoms with van der Waals surface area (Å²) in [6, 6.07) is 8.92. The Labute approximate surface area is 127 Å². The SMILES string of the molecule is Clc1ccc(C(NCCCN2CCCC2)C2CC2)cc1. The van der Waals surface area contributed by atoms with E-state index in [9.17, 15) is 0 Å². The van der Waals surface area contributed by atoms with Crippen LogP contribution in [0.15, 0.2) is 24.3 Å². The molecule has 20 heavy (non-hydrogen) atoms. The van der Waals surface area contributed by atoms with Gasteiger partial charge in [-0.3, -0.25) is 0 Å². The quantitative estimate of drug-likeness (QED) is 0.768. The summed E-state index contributed by atoms with van der Waals surface area (Å²) in [5.74, 6) is 0.836. The van der Waals surface area contributed by atoms with E-state index in [1.807, 2.05) is 12.1 Å². The average Bonchev–Trinajstić information content (AvgIpc) is 3.16. The van der Waals surface area contributed by atoms with Crippen molar-refractivity contribution in [3.63, 3.8) is 0 Å². The van der Waals surface area contributed by atoms with Crippen molar-refractivity contribution in [1.29, 1.82) is 0 Å². The normalized spacial score (nSPS) is 21.2. The van der Waals surface area contributed by atoms with Gasteiger partial charge in [0.15, 0.2) is 0 Å². The van der Waals surface area contributed by atoms with Crippen LogP contribution >= 0.6 is 11.6 Å². The first-order valence-corrected chi connectivity index (χ1v) is 8.42. The van der Waals surface area contributed by atoms with Crippen LogP contribution in [0.5, 0.6) is 0 Å². The molecule has 3 rings (SSSR count). The standard InChI is InChI=1S/C17H25ClN2/c18-16-8-6-15(7-9-16)17(14-4-5-14)19-10-3-13-20-11-1-2-12-20/h6-9,14,17,19H,1-5,10-13H2. The summed E-state index contributed by atoms with van der Waals surface area (Å²) in [6.45, 7) is 5.00. The van der Waals surface area contributed by atoms with Crippen molar-refractivity contribution in [2.75, 3.05) is 26.2 Å². The second kappa shape index (κ2) is 6.93. The van der Waals surface area contributed by atoms with Gasteiger partial charge in [-0.05, 0) is 81.9 Å². The molecule has 1 N–H and O–H groups in total. The summed E-state index contributed by atoms with van der Waals surface area (Å²) in [7, 11) is 0. The Bertz CT molecular complexity index is 408. The van der Waals surface area contributed by atoms with Crippen LogP contribution in [0.3, 0.4) is 0 Å². The van der Waals surface area contributed by atoms with Gasteiger partial charge < -0.3 is 10.2 Å². The molecular weight excluding hydrogens is 268 g/mol. The summed E-state index contributed by atoms with van der Waals surface area (Å²) < 4.78 is 0. The Morgan fingerprint density at radius 3 is 2.50 bits per heavy atom. The van der Waals surface area contributed by atoms with Gasteiger partial charge in [0.1, 0.15) is 0 Å². The molecule has 0 bridgehead atoms. The molecule has 1 saturated carbocycles. The molecule has 1 aliphatic heterocycles. The van der Waals surface area contributed by atoms with Crippen LogP contribution in [-0.4, -0.2) is 31.1 Å². The van der Waals surface area contributed by atoms with Gasteiger partial charge in [0.25, 0.3) is 0 Å². The van der Waals surface area contributed by atoms with Crippen molar-refractivity contribution in [3.05, 3.63) is 34.9 Å². The number of benzene rings is 1. The number of likely N-dealkylation sites (tertiary alicyclic amines) is 1. The molecule has 2 nitrogen and oxygen atoms in total.